The van der Waals surface area contributed by atoms with Crippen LogP contribution in [0.4, 0.5) is 13.2 Å². The number of nitrogens with one attached hydrogen (secondary N) is 1. The molecule has 7 nitrogen and oxygen atoms in total. The SMILES string of the molecule is CC(=O)C(=O)Oc1c(-c2cc(C(F)(F)F)cc(C3CCCCC3)c2S(N)(=O)=O)[nH]c2ccccc12. The number of esters is 1. The van der Waals surface area contributed by atoms with E-state index in [0.29, 0.717) is 24.4 Å². The van der Waals surface area contributed by atoms with Crippen LogP contribution < -0.4 is 9.88 Å². The van der Waals surface area contributed by atoms with Crippen LogP contribution in [-0.4, -0.2) is 25.2 Å². The molecule has 2 aromatic carbocycles. The molecule has 186 valence electrons. The van der Waals surface area contributed by atoms with E-state index in [4.69, 9.17) is 9.88 Å². The number of aromatic amines is 1. The molecule has 1 fully saturated rings. The lowest BCUT2D eigenvalue weighted by atomic mass is 9.82. The molecule has 0 saturated heterocycles. The molecule has 1 aliphatic rings. The second kappa shape index (κ2) is 9.12. The zero-order chi connectivity index (χ0) is 25.5. The molecule has 0 atom stereocenters. The number of ether oxygens (including phenoxy) is 1. The quantitative estimate of drug-likeness (QED) is 0.370. The van der Waals surface area contributed by atoms with Crippen molar-refractivity contribution in [2.24, 2.45) is 5.14 Å². The summed E-state index contributed by atoms with van der Waals surface area (Å²) in [5.41, 5.74) is -1.26. The maximum Gasteiger partial charge on any atom is 0.416 e. The van der Waals surface area contributed by atoms with Gasteiger partial charge in [-0.3, -0.25) is 4.79 Å². The standard InChI is InChI=1S/C24H23F3N2O5S/c1-13(30)23(31)34-21-16-9-5-6-10-19(16)29-20(21)18-12-15(24(25,26)27)11-17(22(18)35(28,32)33)14-7-3-2-4-8-14/h5-6,9-12,14,29H,2-4,7-8H2,1H3,(H2,28,32,33). The van der Waals surface area contributed by atoms with Crippen molar-refractivity contribution in [2.75, 3.05) is 0 Å². The number of carbonyl (C=O) groups is 2. The molecule has 0 aliphatic heterocycles. The van der Waals surface area contributed by atoms with Gasteiger partial charge in [0.05, 0.1) is 16.2 Å². The van der Waals surface area contributed by atoms with E-state index in [1.807, 2.05) is 0 Å². The summed E-state index contributed by atoms with van der Waals surface area (Å²) in [6, 6.07) is 7.89. The summed E-state index contributed by atoms with van der Waals surface area (Å²) in [5.74, 6) is -2.86. The van der Waals surface area contributed by atoms with Crippen LogP contribution in [0.3, 0.4) is 0 Å². The molecule has 35 heavy (non-hydrogen) atoms. The number of primary sulfonamides is 1. The van der Waals surface area contributed by atoms with E-state index in [-0.39, 0.29) is 28.0 Å². The maximum absolute atomic E-state index is 14.0. The Morgan fingerprint density at radius 1 is 1.09 bits per heavy atom. The van der Waals surface area contributed by atoms with Gasteiger partial charge >= 0.3 is 12.1 Å². The predicted octanol–water partition coefficient (Wildman–Crippen LogP) is 5.04. The Morgan fingerprint density at radius 3 is 2.34 bits per heavy atom. The topological polar surface area (TPSA) is 119 Å². The summed E-state index contributed by atoms with van der Waals surface area (Å²) >= 11 is 0. The Hall–Kier alpha value is -3.18. The Bertz CT molecular complexity index is 1420. The van der Waals surface area contributed by atoms with Crippen molar-refractivity contribution >= 4 is 32.7 Å². The first-order valence-electron chi connectivity index (χ1n) is 11.0. The molecule has 1 aromatic heterocycles. The van der Waals surface area contributed by atoms with Crippen molar-refractivity contribution in [3.05, 3.63) is 47.5 Å². The van der Waals surface area contributed by atoms with Crippen LogP contribution in [0, 0.1) is 0 Å². The number of halogens is 3. The number of ketones is 1. The van der Waals surface area contributed by atoms with E-state index in [1.165, 1.54) is 6.07 Å². The van der Waals surface area contributed by atoms with Crippen molar-refractivity contribution in [1.29, 1.82) is 0 Å². The Kier molecular flexibility index (Phi) is 6.50. The van der Waals surface area contributed by atoms with E-state index in [9.17, 15) is 31.2 Å². The summed E-state index contributed by atoms with van der Waals surface area (Å²) < 4.78 is 72.8. The highest BCUT2D eigenvalue weighted by atomic mass is 32.2. The summed E-state index contributed by atoms with van der Waals surface area (Å²) in [5, 5.41) is 5.86. The van der Waals surface area contributed by atoms with Crippen molar-refractivity contribution in [3.63, 3.8) is 0 Å². The molecular weight excluding hydrogens is 485 g/mol. The van der Waals surface area contributed by atoms with Gasteiger partial charge in [-0.15, -0.1) is 0 Å². The predicted molar refractivity (Wildman–Crippen MR) is 122 cm³/mol. The fourth-order valence-corrected chi connectivity index (χ4v) is 5.63. The van der Waals surface area contributed by atoms with Gasteiger partial charge in [0, 0.05) is 23.4 Å². The molecule has 3 aromatic rings. The number of sulfonamides is 1. The van der Waals surface area contributed by atoms with Crippen LogP contribution in [0.5, 0.6) is 5.75 Å². The van der Waals surface area contributed by atoms with Gasteiger partial charge in [-0.05, 0) is 48.6 Å². The van der Waals surface area contributed by atoms with Gasteiger partial charge < -0.3 is 9.72 Å². The normalized spacial score (nSPS) is 15.3. The van der Waals surface area contributed by atoms with Crippen LogP contribution in [-0.2, 0) is 25.8 Å². The molecule has 0 spiro atoms. The van der Waals surface area contributed by atoms with Gasteiger partial charge in [-0.25, -0.2) is 18.4 Å². The largest absolute Gasteiger partial charge is 0.418 e. The van der Waals surface area contributed by atoms with E-state index in [0.717, 1.165) is 32.3 Å². The van der Waals surface area contributed by atoms with Crippen LogP contribution in [0.1, 0.15) is 56.1 Å². The van der Waals surface area contributed by atoms with Crippen molar-refractivity contribution in [3.8, 4) is 17.0 Å². The second-order valence-electron chi connectivity index (χ2n) is 8.64. The average Bonchev–Trinajstić information content (AvgIpc) is 3.15. The number of nitrogens with two attached hydrogens (primary N) is 1. The maximum atomic E-state index is 14.0. The zero-order valence-corrected chi connectivity index (χ0v) is 19.6. The van der Waals surface area contributed by atoms with Crippen LogP contribution in [0.2, 0.25) is 0 Å². The number of fused-ring (bicyclic) bond motifs is 1. The fraction of sp³-hybridized carbons (Fsp3) is 0.333. The molecule has 0 radical (unpaired) electrons. The minimum Gasteiger partial charge on any atom is -0.418 e. The molecule has 0 unspecified atom stereocenters. The van der Waals surface area contributed by atoms with Crippen molar-refractivity contribution < 1.29 is 35.9 Å². The zero-order valence-electron chi connectivity index (χ0n) is 18.7. The van der Waals surface area contributed by atoms with Crippen molar-refractivity contribution in [1.82, 2.24) is 4.98 Å². The third-order valence-corrected chi connectivity index (χ3v) is 7.21. The molecule has 1 heterocycles. The second-order valence-corrected chi connectivity index (χ2v) is 10.1. The number of para-hydroxylation sites is 1. The number of carbonyl (C=O) groups excluding carboxylic acids is 2. The van der Waals surface area contributed by atoms with Crippen LogP contribution in [0.15, 0.2) is 41.3 Å². The van der Waals surface area contributed by atoms with E-state index in [2.05, 4.69) is 4.98 Å². The number of H-pyrrole nitrogens is 1. The first-order chi connectivity index (χ1) is 16.4. The van der Waals surface area contributed by atoms with Crippen LogP contribution >= 0.6 is 0 Å². The monoisotopic (exact) mass is 508 g/mol. The van der Waals surface area contributed by atoms with Crippen LogP contribution in [0.25, 0.3) is 22.2 Å². The summed E-state index contributed by atoms with van der Waals surface area (Å²) in [4.78, 5) is 26.1. The molecule has 1 aliphatic carbocycles. The Labute approximate surface area is 199 Å². The van der Waals surface area contributed by atoms with Gasteiger partial charge in [0.25, 0.3) is 0 Å². The van der Waals surface area contributed by atoms with E-state index in [1.54, 1.807) is 18.2 Å². The number of hydrogen-bond donors (Lipinski definition) is 2. The molecule has 0 bridgehead atoms. The smallest absolute Gasteiger partial charge is 0.416 e. The molecule has 1 saturated carbocycles. The van der Waals surface area contributed by atoms with Crippen molar-refractivity contribution in [2.45, 2.75) is 56.0 Å². The molecule has 3 N–H and O–H groups in total. The first-order valence-corrected chi connectivity index (χ1v) is 12.5. The Morgan fingerprint density at radius 2 is 1.74 bits per heavy atom. The lowest BCUT2D eigenvalue weighted by Crippen LogP contribution is -2.21. The molecular formula is C24H23F3N2O5S. The first kappa shape index (κ1) is 24.9. The summed E-state index contributed by atoms with van der Waals surface area (Å²) in [6.07, 6.45) is -1.36. The highest BCUT2D eigenvalue weighted by Gasteiger charge is 2.37. The summed E-state index contributed by atoms with van der Waals surface area (Å²) in [7, 11) is -4.52. The van der Waals surface area contributed by atoms with E-state index >= 15 is 0 Å². The van der Waals surface area contributed by atoms with Gasteiger partial charge in [-0.2, -0.15) is 13.2 Å². The number of rotatable bonds is 5. The summed E-state index contributed by atoms with van der Waals surface area (Å²) in [6.45, 7) is 0.984. The highest BCUT2D eigenvalue weighted by Crippen LogP contribution is 2.46. The lowest BCUT2D eigenvalue weighted by molar-refractivity contribution is -0.145. The number of alkyl halides is 3. The molecule has 11 heteroatoms. The van der Waals surface area contributed by atoms with Gasteiger partial charge in [0.1, 0.15) is 0 Å². The third kappa shape index (κ3) is 4.96. The minimum absolute atomic E-state index is 0.0143. The number of aromatic nitrogens is 1. The van der Waals surface area contributed by atoms with Gasteiger partial charge in [-0.1, -0.05) is 31.4 Å². The van der Waals surface area contributed by atoms with E-state index < -0.39 is 44.3 Å². The number of Topliss-reactive ketones (excluding diaryl/α,β-unsaturated/α-hetero) is 1. The lowest BCUT2D eigenvalue weighted by Gasteiger charge is -2.26. The number of benzene rings is 2. The fourth-order valence-electron chi connectivity index (χ4n) is 4.61. The highest BCUT2D eigenvalue weighted by molar-refractivity contribution is 7.89. The minimum atomic E-state index is -4.78. The van der Waals surface area contributed by atoms with Gasteiger partial charge in [0.15, 0.2) is 5.75 Å². The Balaban J connectivity index is 2.10. The average molecular weight is 509 g/mol. The third-order valence-electron chi connectivity index (χ3n) is 6.18. The van der Waals surface area contributed by atoms with Gasteiger partial charge in [0.2, 0.25) is 15.8 Å². The molecule has 4 rings (SSSR count). The number of hydrogen-bond acceptors (Lipinski definition) is 5. The molecule has 0 amide bonds.